The summed E-state index contributed by atoms with van der Waals surface area (Å²) in [5.74, 6) is 1.48. The summed E-state index contributed by atoms with van der Waals surface area (Å²) in [6.45, 7) is 4.51. The van der Waals surface area contributed by atoms with Gasteiger partial charge in [0.15, 0.2) is 0 Å². The van der Waals surface area contributed by atoms with Crippen LogP contribution < -0.4 is 0 Å². The number of hydrogen-bond acceptors (Lipinski definition) is 1. The maximum atomic E-state index is 9.04. The van der Waals surface area contributed by atoms with Crippen molar-refractivity contribution in [2.45, 2.75) is 45.6 Å². The van der Waals surface area contributed by atoms with Crippen LogP contribution in [-0.2, 0) is 0 Å². The summed E-state index contributed by atoms with van der Waals surface area (Å²) >= 11 is 0. The first-order valence-corrected chi connectivity index (χ1v) is 4.42. The molecule has 0 saturated heterocycles. The minimum atomic E-state index is 0.0549. The lowest BCUT2D eigenvalue weighted by molar-refractivity contribution is 0.248. The molecule has 1 nitrogen and oxygen atoms in total. The number of aliphatic hydroxyl groups is 1. The first-order chi connectivity index (χ1) is 4.74. The van der Waals surface area contributed by atoms with Crippen molar-refractivity contribution in [2.75, 3.05) is 0 Å². The quantitative estimate of drug-likeness (QED) is 0.638. The van der Waals surface area contributed by atoms with Gasteiger partial charge in [-0.05, 0) is 24.7 Å². The highest BCUT2D eigenvalue weighted by molar-refractivity contribution is 4.86. The van der Waals surface area contributed by atoms with Crippen molar-refractivity contribution in [3.63, 3.8) is 0 Å². The summed E-state index contributed by atoms with van der Waals surface area (Å²) in [4.78, 5) is 0. The Morgan fingerprint density at radius 1 is 1.60 bits per heavy atom. The van der Waals surface area contributed by atoms with Gasteiger partial charge in [0.1, 0.15) is 0 Å². The predicted molar refractivity (Wildman–Crippen MR) is 42.8 cm³/mol. The van der Waals surface area contributed by atoms with Crippen LogP contribution in [0.3, 0.4) is 0 Å². The smallest absolute Gasteiger partial charge is 0.0573 e. The summed E-state index contributed by atoms with van der Waals surface area (Å²) in [6.07, 6.45) is 4.97. The molecule has 1 fully saturated rings. The van der Waals surface area contributed by atoms with Gasteiger partial charge >= 0.3 is 0 Å². The molecule has 0 amide bonds. The molecular formula is C9H18O. The Morgan fingerprint density at radius 3 is 2.60 bits per heavy atom. The van der Waals surface area contributed by atoms with E-state index < -0.39 is 0 Å². The molecule has 60 valence electrons. The molecule has 1 aliphatic rings. The molecule has 0 aromatic carbocycles. The third-order valence-corrected chi connectivity index (χ3v) is 2.37. The van der Waals surface area contributed by atoms with E-state index in [1.165, 1.54) is 19.3 Å². The van der Waals surface area contributed by atoms with Crippen LogP contribution in [0.1, 0.15) is 39.5 Å². The summed E-state index contributed by atoms with van der Waals surface area (Å²) < 4.78 is 0. The van der Waals surface area contributed by atoms with Crippen LogP contribution in [-0.4, -0.2) is 11.2 Å². The molecule has 1 rings (SSSR count). The van der Waals surface area contributed by atoms with Gasteiger partial charge in [0, 0.05) is 0 Å². The van der Waals surface area contributed by atoms with E-state index in [4.69, 9.17) is 5.11 Å². The van der Waals surface area contributed by atoms with Crippen molar-refractivity contribution in [1.82, 2.24) is 0 Å². The van der Waals surface area contributed by atoms with Crippen molar-refractivity contribution in [3.05, 3.63) is 0 Å². The van der Waals surface area contributed by atoms with Crippen LogP contribution >= 0.6 is 0 Å². The summed E-state index contributed by atoms with van der Waals surface area (Å²) in [7, 11) is 0. The van der Waals surface area contributed by atoms with E-state index in [0.29, 0.717) is 5.92 Å². The van der Waals surface area contributed by atoms with Crippen LogP contribution in [0.15, 0.2) is 0 Å². The lowest BCUT2D eigenvalue weighted by Gasteiger charge is -2.07. The van der Waals surface area contributed by atoms with Crippen LogP contribution in [0, 0.1) is 11.8 Å². The zero-order valence-electron chi connectivity index (χ0n) is 7.01. The Morgan fingerprint density at radius 2 is 2.20 bits per heavy atom. The van der Waals surface area contributed by atoms with E-state index in [9.17, 15) is 0 Å². The summed E-state index contributed by atoms with van der Waals surface area (Å²) in [5.41, 5.74) is 0. The Labute approximate surface area is 63.4 Å². The normalized spacial score (nSPS) is 33.9. The lowest BCUT2D eigenvalue weighted by Crippen LogP contribution is -1.97. The highest BCUT2D eigenvalue weighted by Gasteiger charge is 2.35. The topological polar surface area (TPSA) is 20.2 Å². The average Bonchev–Trinajstić information content (AvgIpc) is 2.47. The molecule has 0 aromatic rings. The molecule has 0 aromatic heterocycles. The van der Waals surface area contributed by atoms with E-state index in [-0.39, 0.29) is 6.10 Å². The Bertz CT molecular complexity index is 101. The zero-order valence-corrected chi connectivity index (χ0v) is 7.01. The van der Waals surface area contributed by atoms with Gasteiger partial charge in [-0.3, -0.25) is 0 Å². The maximum Gasteiger partial charge on any atom is 0.0573 e. The van der Waals surface area contributed by atoms with E-state index >= 15 is 0 Å². The van der Waals surface area contributed by atoms with E-state index in [1.54, 1.807) is 0 Å². The average molecular weight is 142 g/mol. The second kappa shape index (κ2) is 3.38. The molecule has 0 bridgehead atoms. The second-order valence-corrected chi connectivity index (χ2v) is 3.69. The minimum Gasteiger partial charge on any atom is -0.393 e. The monoisotopic (exact) mass is 142 g/mol. The highest BCUT2D eigenvalue weighted by atomic mass is 16.3. The molecule has 1 heteroatoms. The fourth-order valence-corrected chi connectivity index (χ4v) is 1.61. The van der Waals surface area contributed by atoms with E-state index in [2.05, 4.69) is 13.8 Å². The maximum absolute atomic E-state index is 9.04. The second-order valence-electron chi connectivity index (χ2n) is 3.69. The molecule has 0 aliphatic heterocycles. The van der Waals surface area contributed by atoms with E-state index in [0.717, 1.165) is 12.3 Å². The van der Waals surface area contributed by atoms with Gasteiger partial charge in [0.2, 0.25) is 0 Å². The molecule has 1 saturated carbocycles. The molecular weight excluding hydrogens is 124 g/mol. The van der Waals surface area contributed by atoms with E-state index in [1.807, 2.05) is 0 Å². The third kappa shape index (κ3) is 2.30. The molecule has 1 aliphatic carbocycles. The largest absolute Gasteiger partial charge is 0.393 e. The fraction of sp³-hybridized carbons (Fsp3) is 1.00. The van der Waals surface area contributed by atoms with Gasteiger partial charge in [-0.15, -0.1) is 0 Å². The SMILES string of the molecule is CCCC(C)CC1CC1O. The van der Waals surface area contributed by atoms with Gasteiger partial charge in [-0.1, -0.05) is 26.7 Å². The highest BCUT2D eigenvalue weighted by Crippen LogP contribution is 2.36. The number of rotatable bonds is 4. The Balaban J connectivity index is 2.01. The van der Waals surface area contributed by atoms with Crippen LogP contribution in [0.4, 0.5) is 0 Å². The standard InChI is InChI=1S/C9H18O/c1-3-4-7(2)5-8-6-9(8)10/h7-10H,3-6H2,1-2H3. The third-order valence-electron chi connectivity index (χ3n) is 2.37. The predicted octanol–water partition coefficient (Wildman–Crippen LogP) is 2.19. The summed E-state index contributed by atoms with van der Waals surface area (Å²) in [6, 6.07) is 0. The van der Waals surface area contributed by atoms with Crippen LogP contribution in [0.5, 0.6) is 0 Å². The van der Waals surface area contributed by atoms with Crippen molar-refractivity contribution >= 4 is 0 Å². The fourth-order valence-electron chi connectivity index (χ4n) is 1.61. The molecule has 1 N–H and O–H groups in total. The number of aliphatic hydroxyl groups excluding tert-OH is 1. The Hall–Kier alpha value is -0.0400. The minimum absolute atomic E-state index is 0.0549. The molecule has 3 unspecified atom stereocenters. The lowest BCUT2D eigenvalue weighted by atomic mass is 9.99. The van der Waals surface area contributed by atoms with Gasteiger partial charge in [0.25, 0.3) is 0 Å². The Kier molecular flexibility index (Phi) is 2.72. The number of hydrogen-bond donors (Lipinski definition) is 1. The van der Waals surface area contributed by atoms with Gasteiger partial charge in [-0.25, -0.2) is 0 Å². The van der Waals surface area contributed by atoms with Crippen molar-refractivity contribution < 1.29 is 5.11 Å². The molecule has 0 heterocycles. The first-order valence-electron chi connectivity index (χ1n) is 4.42. The van der Waals surface area contributed by atoms with Crippen molar-refractivity contribution in [3.8, 4) is 0 Å². The van der Waals surface area contributed by atoms with Crippen molar-refractivity contribution in [2.24, 2.45) is 11.8 Å². The molecule has 3 atom stereocenters. The molecule has 0 spiro atoms. The summed E-state index contributed by atoms with van der Waals surface area (Å²) in [5, 5.41) is 9.04. The first kappa shape index (κ1) is 8.06. The van der Waals surface area contributed by atoms with Crippen LogP contribution in [0.2, 0.25) is 0 Å². The zero-order chi connectivity index (χ0) is 7.56. The molecule has 10 heavy (non-hydrogen) atoms. The molecule has 0 radical (unpaired) electrons. The van der Waals surface area contributed by atoms with Gasteiger partial charge < -0.3 is 5.11 Å². The van der Waals surface area contributed by atoms with Crippen LogP contribution in [0.25, 0.3) is 0 Å². The van der Waals surface area contributed by atoms with Gasteiger partial charge in [0.05, 0.1) is 6.10 Å². The van der Waals surface area contributed by atoms with Gasteiger partial charge in [-0.2, -0.15) is 0 Å². The van der Waals surface area contributed by atoms with Crippen molar-refractivity contribution in [1.29, 1.82) is 0 Å².